The van der Waals surface area contributed by atoms with Gasteiger partial charge in [-0.3, -0.25) is 0 Å². The van der Waals surface area contributed by atoms with Crippen LogP contribution in [0.15, 0.2) is 30.9 Å². The molecule has 0 amide bonds. The molecule has 1 aromatic carbocycles. The Morgan fingerprint density at radius 1 is 1.07 bits per heavy atom. The first-order chi connectivity index (χ1) is 13.8. The summed E-state index contributed by atoms with van der Waals surface area (Å²) in [6.45, 7) is 5.95. The van der Waals surface area contributed by atoms with Gasteiger partial charge in [0.2, 0.25) is 0 Å². The minimum atomic E-state index is -0.454. The number of imidazole rings is 1. The predicted octanol–water partition coefficient (Wildman–Crippen LogP) is 3.46. The molecule has 158 valence electrons. The largest absolute Gasteiger partial charge is 0.399 e. The number of anilines is 3. The number of nitrogens with two attached hydrogens (primary N) is 3. The fourth-order valence-corrected chi connectivity index (χ4v) is 3.16. The summed E-state index contributed by atoms with van der Waals surface area (Å²) in [5.41, 5.74) is 20.6. The molecule has 0 fully saturated rings. The molecule has 29 heavy (non-hydrogen) atoms. The first-order valence-corrected chi connectivity index (χ1v) is 10.1. The van der Waals surface area contributed by atoms with Gasteiger partial charge in [0, 0.05) is 11.4 Å². The Hall–Kier alpha value is -2.87. The molecule has 0 saturated heterocycles. The van der Waals surface area contributed by atoms with Crippen LogP contribution in [0.2, 0.25) is 0 Å². The lowest BCUT2D eigenvalue weighted by Crippen LogP contribution is -2.21. The van der Waals surface area contributed by atoms with Gasteiger partial charge in [-0.1, -0.05) is 38.7 Å². The minimum absolute atomic E-state index is 0.0221. The Bertz CT molecular complexity index is 907. The Morgan fingerprint density at radius 3 is 2.45 bits per heavy atom. The highest BCUT2D eigenvalue weighted by molar-refractivity contribution is 5.81. The lowest BCUT2D eigenvalue weighted by Gasteiger charge is -2.21. The molecule has 2 aromatic heterocycles. The van der Waals surface area contributed by atoms with Gasteiger partial charge in [-0.15, -0.1) is 0 Å². The number of aromatic nitrogens is 4. The van der Waals surface area contributed by atoms with Crippen LogP contribution in [0.25, 0.3) is 11.2 Å². The van der Waals surface area contributed by atoms with E-state index in [-0.39, 0.29) is 6.04 Å². The van der Waals surface area contributed by atoms with E-state index in [2.05, 4.69) is 21.9 Å². The molecule has 0 aliphatic rings. The molecule has 0 bridgehead atoms. The number of benzene rings is 1. The summed E-state index contributed by atoms with van der Waals surface area (Å²) < 4.78 is 1.92. The van der Waals surface area contributed by atoms with Crippen LogP contribution < -0.4 is 17.2 Å². The fourth-order valence-electron chi connectivity index (χ4n) is 3.16. The van der Waals surface area contributed by atoms with Crippen molar-refractivity contribution in [1.29, 1.82) is 0 Å². The Kier molecular flexibility index (Phi) is 8.21. The van der Waals surface area contributed by atoms with E-state index in [1.165, 1.54) is 25.6 Å². The first-order valence-electron chi connectivity index (χ1n) is 10.1. The van der Waals surface area contributed by atoms with Crippen molar-refractivity contribution in [3.8, 4) is 0 Å². The topological polar surface area (TPSA) is 142 Å². The molecule has 8 heteroatoms. The Morgan fingerprint density at radius 2 is 1.83 bits per heavy atom. The molecule has 3 aromatic rings. The third kappa shape index (κ3) is 6.05. The predicted molar refractivity (Wildman–Crippen MR) is 119 cm³/mol. The van der Waals surface area contributed by atoms with E-state index in [9.17, 15) is 5.11 Å². The van der Waals surface area contributed by atoms with Crippen molar-refractivity contribution in [3.63, 3.8) is 0 Å². The molecule has 2 atom stereocenters. The van der Waals surface area contributed by atoms with Gasteiger partial charge in [0.25, 0.3) is 0 Å². The summed E-state index contributed by atoms with van der Waals surface area (Å²) in [4.78, 5) is 12.5. The lowest BCUT2D eigenvalue weighted by atomic mass is 10.0. The average Bonchev–Trinajstić information content (AvgIpc) is 3.10. The summed E-state index contributed by atoms with van der Waals surface area (Å²) in [6, 6.07) is 5.48. The molecule has 0 aliphatic heterocycles. The zero-order chi connectivity index (χ0) is 21.4. The van der Waals surface area contributed by atoms with E-state index in [1.807, 2.05) is 23.6 Å². The Balaban J connectivity index is 0.000000278. The molecule has 7 N–H and O–H groups in total. The summed E-state index contributed by atoms with van der Waals surface area (Å²) in [5, 5.41) is 10.0. The third-order valence-electron chi connectivity index (χ3n) is 4.96. The van der Waals surface area contributed by atoms with Crippen molar-refractivity contribution in [2.24, 2.45) is 0 Å². The van der Waals surface area contributed by atoms with Crippen molar-refractivity contribution in [2.45, 2.75) is 65.0 Å². The van der Waals surface area contributed by atoms with Gasteiger partial charge in [-0.25, -0.2) is 15.0 Å². The number of nitrogen functional groups attached to an aromatic ring is 3. The van der Waals surface area contributed by atoms with E-state index in [0.717, 1.165) is 29.8 Å². The van der Waals surface area contributed by atoms with Gasteiger partial charge in [0.15, 0.2) is 11.5 Å². The monoisotopic (exact) mass is 399 g/mol. The third-order valence-corrected chi connectivity index (χ3v) is 4.96. The summed E-state index contributed by atoms with van der Waals surface area (Å²) in [7, 11) is 0. The van der Waals surface area contributed by atoms with Gasteiger partial charge < -0.3 is 26.9 Å². The average molecular weight is 400 g/mol. The van der Waals surface area contributed by atoms with Gasteiger partial charge in [-0.05, 0) is 38.0 Å². The number of unbranched alkanes of at least 4 members (excludes halogenated alkanes) is 3. The van der Waals surface area contributed by atoms with Crippen LogP contribution in [0.3, 0.4) is 0 Å². The SMILES string of the molecule is CCCCCCC(C(C)O)n1cnc2c(N)ncnc21.Cc1ccc(N)cc1N. The zero-order valence-electron chi connectivity index (χ0n) is 17.5. The highest BCUT2D eigenvalue weighted by Gasteiger charge is 2.20. The summed E-state index contributed by atoms with van der Waals surface area (Å²) in [5.74, 6) is 0.379. The second-order valence-electron chi connectivity index (χ2n) is 7.36. The van der Waals surface area contributed by atoms with E-state index >= 15 is 0 Å². The van der Waals surface area contributed by atoms with Crippen LogP contribution in [-0.4, -0.2) is 30.7 Å². The maximum Gasteiger partial charge on any atom is 0.165 e. The number of aryl methyl sites for hydroxylation is 1. The molecule has 0 aliphatic carbocycles. The summed E-state index contributed by atoms with van der Waals surface area (Å²) in [6.07, 6.45) is 8.30. The fraction of sp³-hybridized carbons (Fsp3) is 0.476. The maximum atomic E-state index is 10.0. The second kappa shape index (κ2) is 10.6. The standard InChI is InChI=1S/C14H23N5O.C7H10N2/c1-3-4-5-6-7-11(10(2)20)19-9-18-12-13(15)16-8-17-14(12)19;1-5-2-3-6(8)4-7(5)9/h8-11,20H,3-7H2,1-2H3,(H2,15,16,17);2-4H,8-9H2,1H3. The van der Waals surface area contributed by atoms with Crippen molar-refractivity contribution < 1.29 is 5.11 Å². The molecule has 8 nitrogen and oxygen atoms in total. The second-order valence-corrected chi connectivity index (χ2v) is 7.36. The van der Waals surface area contributed by atoms with Gasteiger partial charge in [-0.2, -0.15) is 0 Å². The van der Waals surface area contributed by atoms with E-state index in [1.54, 1.807) is 19.3 Å². The van der Waals surface area contributed by atoms with Crippen LogP contribution in [-0.2, 0) is 0 Å². The first kappa shape index (κ1) is 22.4. The molecular formula is C21H33N7O. The van der Waals surface area contributed by atoms with Gasteiger partial charge >= 0.3 is 0 Å². The van der Waals surface area contributed by atoms with Gasteiger partial charge in [0.1, 0.15) is 11.8 Å². The van der Waals surface area contributed by atoms with Crippen molar-refractivity contribution in [1.82, 2.24) is 19.5 Å². The van der Waals surface area contributed by atoms with Crippen LogP contribution in [0.1, 0.15) is 57.6 Å². The highest BCUT2D eigenvalue weighted by Crippen LogP contribution is 2.25. The highest BCUT2D eigenvalue weighted by atomic mass is 16.3. The number of aliphatic hydroxyl groups excluding tert-OH is 1. The molecule has 3 rings (SSSR count). The molecule has 2 heterocycles. The molecular weight excluding hydrogens is 366 g/mol. The smallest absolute Gasteiger partial charge is 0.165 e. The molecule has 0 saturated carbocycles. The summed E-state index contributed by atoms with van der Waals surface area (Å²) >= 11 is 0. The number of rotatable bonds is 7. The lowest BCUT2D eigenvalue weighted by molar-refractivity contribution is 0.124. The number of fused-ring (bicyclic) bond motifs is 1. The van der Waals surface area contributed by atoms with Gasteiger partial charge in [0.05, 0.1) is 18.5 Å². The van der Waals surface area contributed by atoms with Crippen LogP contribution in [0.5, 0.6) is 0 Å². The quantitative estimate of drug-likeness (QED) is 0.352. The normalized spacial score (nSPS) is 13.0. The number of nitrogens with zero attached hydrogens (tertiary/aromatic N) is 4. The molecule has 2 unspecified atom stereocenters. The number of hydrogen-bond acceptors (Lipinski definition) is 7. The molecule has 0 spiro atoms. The van der Waals surface area contributed by atoms with Crippen molar-refractivity contribution in [3.05, 3.63) is 36.4 Å². The van der Waals surface area contributed by atoms with E-state index in [0.29, 0.717) is 17.0 Å². The number of aliphatic hydroxyl groups is 1. The number of hydrogen-bond donors (Lipinski definition) is 4. The van der Waals surface area contributed by atoms with Crippen LogP contribution >= 0.6 is 0 Å². The maximum absolute atomic E-state index is 10.0. The van der Waals surface area contributed by atoms with E-state index < -0.39 is 6.10 Å². The molecule has 0 radical (unpaired) electrons. The Labute approximate surface area is 172 Å². The van der Waals surface area contributed by atoms with Crippen LogP contribution in [0.4, 0.5) is 17.2 Å². The zero-order valence-corrected chi connectivity index (χ0v) is 17.5. The van der Waals surface area contributed by atoms with Crippen molar-refractivity contribution >= 4 is 28.4 Å². The minimum Gasteiger partial charge on any atom is -0.399 e. The van der Waals surface area contributed by atoms with Crippen LogP contribution in [0, 0.1) is 6.92 Å². The van der Waals surface area contributed by atoms with E-state index in [4.69, 9.17) is 17.2 Å². The van der Waals surface area contributed by atoms with Crippen molar-refractivity contribution in [2.75, 3.05) is 17.2 Å².